The van der Waals surface area contributed by atoms with Crippen LogP contribution in [-0.2, 0) is 6.42 Å². The fraction of sp³-hybridized carbons (Fsp3) is 0.500. The van der Waals surface area contributed by atoms with Crippen LogP contribution < -0.4 is 0 Å². The van der Waals surface area contributed by atoms with E-state index in [0.29, 0.717) is 5.92 Å². The van der Waals surface area contributed by atoms with Crippen molar-refractivity contribution in [1.82, 2.24) is 10.2 Å². The normalized spacial score (nSPS) is 16.1. The van der Waals surface area contributed by atoms with E-state index in [9.17, 15) is 0 Å². The number of allylic oxidation sites excluding steroid dienone is 2. The number of aryl methyl sites for hydroxylation is 1. The van der Waals surface area contributed by atoms with E-state index in [4.69, 9.17) is 0 Å². The van der Waals surface area contributed by atoms with Gasteiger partial charge in [0.2, 0.25) is 0 Å². The smallest absolute Gasteiger partial charge is 0.0565 e. The quantitative estimate of drug-likeness (QED) is 0.674. The fourth-order valence-corrected chi connectivity index (χ4v) is 1.78. The van der Waals surface area contributed by atoms with Crippen LogP contribution in [-0.4, -0.2) is 10.2 Å². The van der Waals surface area contributed by atoms with Crippen LogP contribution in [0.4, 0.5) is 0 Å². The lowest BCUT2D eigenvalue weighted by Gasteiger charge is -2.15. The molecular weight excluding hydrogens is 148 g/mol. The molecule has 0 spiro atoms. The molecule has 2 nitrogen and oxygen atoms in total. The van der Waals surface area contributed by atoms with Crippen molar-refractivity contribution in [2.24, 2.45) is 5.92 Å². The van der Waals surface area contributed by atoms with Crippen LogP contribution >= 0.6 is 0 Å². The Hall–Kier alpha value is -1.05. The van der Waals surface area contributed by atoms with Crippen LogP contribution in [0.5, 0.6) is 0 Å². The van der Waals surface area contributed by atoms with Gasteiger partial charge in [-0.2, -0.15) is 5.10 Å². The van der Waals surface area contributed by atoms with Gasteiger partial charge in [-0.15, -0.1) is 0 Å². The van der Waals surface area contributed by atoms with Crippen molar-refractivity contribution in [3.8, 4) is 0 Å². The van der Waals surface area contributed by atoms with E-state index in [-0.39, 0.29) is 0 Å². The molecule has 0 aliphatic heterocycles. The lowest BCUT2D eigenvalue weighted by atomic mass is 9.89. The minimum atomic E-state index is 0.613. The first kappa shape index (κ1) is 7.59. The van der Waals surface area contributed by atoms with E-state index >= 15 is 0 Å². The minimum absolute atomic E-state index is 0.613. The van der Waals surface area contributed by atoms with Crippen molar-refractivity contribution in [2.75, 3.05) is 0 Å². The maximum atomic E-state index is 4.07. The molecule has 0 amide bonds. The van der Waals surface area contributed by atoms with Crippen molar-refractivity contribution >= 4 is 5.57 Å². The van der Waals surface area contributed by atoms with E-state index in [1.54, 1.807) is 0 Å². The fourth-order valence-electron chi connectivity index (χ4n) is 1.78. The molecule has 0 fully saturated rings. The van der Waals surface area contributed by atoms with Gasteiger partial charge in [-0.1, -0.05) is 19.9 Å². The Morgan fingerprint density at radius 2 is 2.33 bits per heavy atom. The van der Waals surface area contributed by atoms with Crippen molar-refractivity contribution in [3.05, 3.63) is 23.5 Å². The number of rotatable bonds is 1. The van der Waals surface area contributed by atoms with Gasteiger partial charge in [-0.05, 0) is 24.3 Å². The molecule has 1 heterocycles. The zero-order valence-electron chi connectivity index (χ0n) is 7.59. The van der Waals surface area contributed by atoms with Gasteiger partial charge in [0.15, 0.2) is 0 Å². The van der Waals surface area contributed by atoms with E-state index < -0.39 is 0 Å². The van der Waals surface area contributed by atoms with Crippen LogP contribution in [0, 0.1) is 5.92 Å². The summed E-state index contributed by atoms with van der Waals surface area (Å²) in [4.78, 5) is 0. The number of H-pyrrole nitrogens is 1. The van der Waals surface area contributed by atoms with Gasteiger partial charge < -0.3 is 0 Å². The molecule has 0 atom stereocenters. The van der Waals surface area contributed by atoms with Crippen LogP contribution in [0.1, 0.15) is 31.5 Å². The first-order valence-corrected chi connectivity index (χ1v) is 4.51. The maximum Gasteiger partial charge on any atom is 0.0565 e. The highest BCUT2D eigenvalue weighted by Crippen LogP contribution is 2.29. The summed E-state index contributed by atoms with van der Waals surface area (Å²) in [7, 11) is 0. The summed E-state index contributed by atoms with van der Waals surface area (Å²) >= 11 is 0. The second-order valence-corrected chi connectivity index (χ2v) is 3.62. The minimum Gasteiger partial charge on any atom is -0.282 e. The summed E-state index contributed by atoms with van der Waals surface area (Å²) in [6.45, 7) is 4.46. The maximum absolute atomic E-state index is 4.07. The third-order valence-corrected chi connectivity index (χ3v) is 2.41. The third kappa shape index (κ3) is 1.07. The number of nitrogens with one attached hydrogen (secondary N) is 1. The Kier molecular flexibility index (Phi) is 1.75. The van der Waals surface area contributed by atoms with Gasteiger partial charge in [0.25, 0.3) is 0 Å². The molecule has 1 aromatic rings. The number of hydrogen-bond acceptors (Lipinski definition) is 1. The molecule has 0 bridgehead atoms. The van der Waals surface area contributed by atoms with Crippen molar-refractivity contribution in [2.45, 2.75) is 26.7 Å². The zero-order valence-corrected chi connectivity index (χ0v) is 7.59. The molecule has 2 heteroatoms. The molecule has 1 aromatic heterocycles. The SMILES string of the molecule is CC(C)C1=CCCc2[nH]ncc21. The highest BCUT2D eigenvalue weighted by Gasteiger charge is 2.15. The molecule has 2 rings (SSSR count). The van der Waals surface area contributed by atoms with Gasteiger partial charge >= 0.3 is 0 Å². The number of nitrogens with zero attached hydrogens (tertiary/aromatic N) is 1. The Morgan fingerprint density at radius 3 is 3.08 bits per heavy atom. The highest BCUT2D eigenvalue weighted by molar-refractivity contribution is 5.69. The van der Waals surface area contributed by atoms with Gasteiger partial charge in [-0.3, -0.25) is 5.10 Å². The first-order valence-electron chi connectivity index (χ1n) is 4.51. The molecule has 0 radical (unpaired) electrons. The standard InChI is InChI=1S/C10H14N2/c1-7(2)8-4-3-5-10-9(8)6-11-12-10/h4,6-7H,3,5H2,1-2H3,(H,11,12). The molecule has 1 aliphatic rings. The molecule has 12 heavy (non-hydrogen) atoms. The van der Waals surface area contributed by atoms with Gasteiger partial charge in [-0.25, -0.2) is 0 Å². The molecule has 0 saturated heterocycles. The van der Waals surface area contributed by atoms with Gasteiger partial charge in [0.05, 0.1) is 6.20 Å². The summed E-state index contributed by atoms with van der Waals surface area (Å²) in [5.41, 5.74) is 4.09. The van der Waals surface area contributed by atoms with Crippen molar-refractivity contribution in [3.63, 3.8) is 0 Å². The molecule has 0 saturated carbocycles. The monoisotopic (exact) mass is 162 g/mol. The van der Waals surface area contributed by atoms with Crippen LogP contribution in [0.15, 0.2) is 12.3 Å². The molecule has 0 aromatic carbocycles. The Bertz CT molecular complexity index is 307. The largest absolute Gasteiger partial charge is 0.282 e. The Morgan fingerprint density at radius 1 is 1.50 bits per heavy atom. The number of fused-ring (bicyclic) bond motifs is 1. The van der Waals surface area contributed by atoms with Crippen molar-refractivity contribution in [1.29, 1.82) is 0 Å². The summed E-state index contributed by atoms with van der Waals surface area (Å²) in [5, 5.41) is 7.12. The van der Waals surface area contributed by atoms with Crippen LogP contribution in [0.25, 0.3) is 5.57 Å². The number of hydrogen-bond donors (Lipinski definition) is 1. The van der Waals surface area contributed by atoms with Gasteiger partial charge in [0, 0.05) is 11.3 Å². The van der Waals surface area contributed by atoms with E-state index in [1.807, 2.05) is 6.20 Å². The van der Waals surface area contributed by atoms with E-state index in [0.717, 1.165) is 12.8 Å². The highest BCUT2D eigenvalue weighted by atomic mass is 15.1. The van der Waals surface area contributed by atoms with Crippen LogP contribution in [0.2, 0.25) is 0 Å². The molecule has 1 N–H and O–H groups in total. The predicted molar refractivity (Wildman–Crippen MR) is 49.7 cm³/mol. The average Bonchev–Trinajstić information content (AvgIpc) is 2.49. The molecule has 1 aliphatic carbocycles. The Balaban J connectivity index is 2.43. The third-order valence-electron chi connectivity index (χ3n) is 2.41. The van der Waals surface area contributed by atoms with Crippen LogP contribution in [0.3, 0.4) is 0 Å². The summed E-state index contributed by atoms with van der Waals surface area (Å²) < 4.78 is 0. The topological polar surface area (TPSA) is 28.7 Å². The second kappa shape index (κ2) is 2.77. The molecule has 0 unspecified atom stereocenters. The van der Waals surface area contributed by atoms with E-state index in [1.165, 1.54) is 16.8 Å². The molecular formula is C10H14N2. The second-order valence-electron chi connectivity index (χ2n) is 3.62. The summed E-state index contributed by atoms with van der Waals surface area (Å²) in [5.74, 6) is 0.613. The summed E-state index contributed by atoms with van der Waals surface area (Å²) in [6.07, 6.45) is 6.55. The lowest BCUT2D eigenvalue weighted by molar-refractivity contribution is 0.821. The van der Waals surface area contributed by atoms with E-state index in [2.05, 4.69) is 30.1 Å². The number of aromatic amines is 1. The molecule has 64 valence electrons. The predicted octanol–water partition coefficient (Wildman–Crippen LogP) is 2.40. The van der Waals surface area contributed by atoms with Crippen molar-refractivity contribution < 1.29 is 0 Å². The Labute approximate surface area is 72.7 Å². The zero-order chi connectivity index (χ0) is 8.55. The lowest BCUT2D eigenvalue weighted by Crippen LogP contribution is -2.02. The van der Waals surface area contributed by atoms with Gasteiger partial charge in [0.1, 0.15) is 0 Å². The summed E-state index contributed by atoms with van der Waals surface area (Å²) in [6, 6.07) is 0. The first-order chi connectivity index (χ1) is 5.79. The average molecular weight is 162 g/mol. The number of aromatic nitrogens is 2.